The van der Waals surface area contributed by atoms with Gasteiger partial charge in [0, 0.05) is 6.42 Å². The summed E-state index contributed by atoms with van der Waals surface area (Å²) < 4.78 is 16.2. The van der Waals surface area contributed by atoms with Crippen LogP contribution in [0, 0.1) is 0 Å². The molecule has 0 aliphatic heterocycles. The molecule has 1 unspecified atom stereocenters. The number of aromatic nitrogens is 2. The van der Waals surface area contributed by atoms with E-state index in [9.17, 15) is 4.79 Å². The smallest absolute Gasteiger partial charge is 0.324 e. The maximum Gasteiger partial charge on any atom is 0.324 e. The molecule has 3 rings (SSSR count). The summed E-state index contributed by atoms with van der Waals surface area (Å²) in [4.78, 5) is 21.3. The van der Waals surface area contributed by atoms with Crippen molar-refractivity contribution >= 4 is 5.78 Å². The normalized spacial score (nSPS) is 11.5. The van der Waals surface area contributed by atoms with Gasteiger partial charge in [-0.05, 0) is 17.5 Å². The monoisotopic (exact) mass is 378 g/mol. The van der Waals surface area contributed by atoms with Crippen LogP contribution in [0.2, 0.25) is 0 Å². The Bertz CT molecular complexity index is 879. The Kier molecular flexibility index (Phi) is 6.57. The first-order valence-electron chi connectivity index (χ1n) is 8.95. The first kappa shape index (κ1) is 19.4. The van der Waals surface area contributed by atoms with Crippen molar-refractivity contribution in [3.63, 3.8) is 0 Å². The van der Waals surface area contributed by atoms with Crippen molar-refractivity contribution in [1.29, 1.82) is 0 Å². The lowest BCUT2D eigenvalue weighted by molar-refractivity contribution is -0.126. The average molecular weight is 378 g/mol. The van der Waals surface area contributed by atoms with Crippen LogP contribution in [-0.2, 0) is 11.2 Å². The summed E-state index contributed by atoms with van der Waals surface area (Å²) >= 11 is 0. The van der Waals surface area contributed by atoms with E-state index in [2.05, 4.69) is 9.97 Å². The van der Waals surface area contributed by atoms with Crippen LogP contribution < -0.4 is 14.2 Å². The lowest BCUT2D eigenvalue weighted by Crippen LogP contribution is -2.20. The first-order valence-corrected chi connectivity index (χ1v) is 8.95. The third kappa shape index (κ3) is 5.07. The van der Waals surface area contributed by atoms with Crippen LogP contribution in [0.3, 0.4) is 0 Å². The Hall–Kier alpha value is -3.41. The standard InChI is InChI=1S/C22H22N2O4/c1-26-19-15-20(27-2)24-22(23-19)28-21(17-11-7-4-8-12-17)18(25)14-13-16-9-5-3-6-10-16/h3-12,15,21H,13-14H2,1-2H3. The summed E-state index contributed by atoms with van der Waals surface area (Å²) in [5.74, 6) is 0.538. The highest BCUT2D eigenvalue weighted by Gasteiger charge is 2.24. The summed E-state index contributed by atoms with van der Waals surface area (Å²) in [6.07, 6.45) is 0.154. The van der Waals surface area contributed by atoms with Crippen molar-refractivity contribution in [2.45, 2.75) is 18.9 Å². The van der Waals surface area contributed by atoms with Crippen LogP contribution in [0.15, 0.2) is 66.7 Å². The molecule has 6 nitrogen and oxygen atoms in total. The van der Waals surface area contributed by atoms with E-state index in [0.29, 0.717) is 24.6 Å². The number of ether oxygens (including phenoxy) is 3. The Labute approximate surface area is 164 Å². The fourth-order valence-corrected chi connectivity index (χ4v) is 2.74. The second kappa shape index (κ2) is 9.50. The van der Waals surface area contributed by atoms with Gasteiger partial charge in [0.1, 0.15) is 0 Å². The minimum atomic E-state index is -0.818. The van der Waals surface area contributed by atoms with Gasteiger partial charge in [0.25, 0.3) is 0 Å². The zero-order valence-corrected chi connectivity index (χ0v) is 15.9. The quantitative estimate of drug-likeness (QED) is 0.564. The van der Waals surface area contributed by atoms with Crippen LogP contribution >= 0.6 is 0 Å². The zero-order chi connectivity index (χ0) is 19.8. The number of carbonyl (C=O) groups excluding carboxylic acids is 1. The van der Waals surface area contributed by atoms with Crippen molar-refractivity contribution < 1.29 is 19.0 Å². The number of aryl methyl sites for hydroxylation is 1. The predicted octanol–water partition coefficient (Wildman–Crippen LogP) is 3.82. The number of hydrogen-bond acceptors (Lipinski definition) is 6. The Morgan fingerprint density at radius 3 is 2.04 bits per heavy atom. The van der Waals surface area contributed by atoms with Crippen LogP contribution in [0.1, 0.15) is 23.7 Å². The molecule has 0 amide bonds. The minimum Gasteiger partial charge on any atom is -0.481 e. The van der Waals surface area contributed by atoms with Crippen molar-refractivity contribution in [2.75, 3.05) is 14.2 Å². The number of Topliss-reactive ketones (excluding diaryl/α,β-unsaturated/α-hetero) is 1. The molecule has 1 heterocycles. The van der Waals surface area contributed by atoms with Crippen molar-refractivity contribution in [3.8, 4) is 17.8 Å². The van der Waals surface area contributed by atoms with E-state index in [1.165, 1.54) is 14.2 Å². The minimum absolute atomic E-state index is 0.0260. The van der Waals surface area contributed by atoms with Crippen molar-refractivity contribution in [1.82, 2.24) is 9.97 Å². The van der Waals surface area contributed by atoms with E-state index in [1.54, 1.807) is 6.07 Å². The van der Waals surface area contributed by atoms with Crippen molar-refractivity contribution in [2.24, 2.45) is 0 Å². The second-order valence-electron chi connectivity index (χ2n) is 6.10. The molecule has 0 bridgehead atoms. The van der Waals surface area contributed by atoms with Gasteiger partial charge in [-0.2, -0.15) is 9.97 Å². The molecule has 0 aliphatic carbocycles. The molecule has 28 heavy (non-hydrogen) atoms. The Morgan fingerprint density at radius 1 is 0.893 bits per heavy atom. The summed E-state index contributed by atoms with van der Waals surface area (Å²) in [6.45, 7) is 0. The predicted molar refractivity (Wildman–Crippen MR) is 105 cm³/mol. The fraction of sp³-hybridized carbons (Fsp3) is 0.227. The van der Waals surface area contributed by atoms with E-state index >= 15 is 0 Å². The van der Waals surface area contributed by atoms with Crippen LogP contribution in [0.25, 0.3) is 0 Å². The summed E-state index contributed by atoms with van der Waals surface area (Å²) in [5, 5.41) is 0. The number of ketones is 1. The number of rotatable bonds is 9. The van der Waals surface area contributed by atoms with Gasteiger partial charge >= 0.3 is 6.01 Å². The summed E-state index contributed by atoms with van der Waals surface area (Å²) in [6, 6.07) is 20.8. The molecule has 1 atom stereocenters. The van der Waals surface area contributed by atoms with Gasteiger partial charge in [-0.15, -0.1) is 0 Å². The number of benzene rings is 2. The highest BCUT2D eigenvalue weighted by Crippen LogP contribution is 2.26. The van der Waals surface area contributed by atoms with E-state index < -0.39 is 6.10 Å². The number of methoxy groups -OCH3 is 2. The Balaban J connectivity index is 1.82. The zero-order valence-electron chi connectivity index (χ0n) is 15.9. The summed E-state index contributed by atoms with van der Waals surface area (Å²) in [5.41, 5.74) is 1.84. The molecule has 144 valence electrons. The SMILES string of the molecule is COc1cc(OC)nc(OC(C(=O)CCc2ccccc2)c2ccccc2)n1. The van der Waals surface area contributed by atoms with Gasteiger partial charge in [-0.1, -0.05) is 60.7 Å². The molecule has 0 fully saturated rings. The van der Waals surface area contributed by atoms with Crippen LogP contribution in [0.4, 0.5) is 0 Å². The third-order valence-electron chi connectivity index (χ3n) is 4.20. The highest BCUT2D eigenvalue weighted by molar-refractivity contribution is 5.84. The topological polar surface area (TPSA) is 70.5 Å². The molecule has 6 heteroatoms. The second-order valence-corrected chi connectivity index (χ2v) is 6.10. The molecule has 0 saturated heterocycles. The molecular formula is C22H22N2O4. The molecule has 0 radical (unpaired) electrons. The lowest BCUT2D eigenvalue weighted by atomic mass is 10.00. The van der Waals surface area contributed by atoms with E-state index in [0.717, 1.165) is 11.1 Å². The molecule has 1 aromatic heterocycles. The maximum atomic E-state index is 13.0. The molecular weight excluding hydrogens is 356 g/mol. The van der Waals surface area contributed by atoms with Gasteiger partial charge in [-0.3, -0.25) is 4.79 Å². The van der Waals surface area contributed by atoms with Crippen LogP contribution in [-0.4, -0.2) is 30.0 Å². The van der Waals surface area contributed by atoms with Crippen molar-refractivity contribution in [3.05, 3.63) is 77.9 Å². The molecule has 0 N–H and O–H groups in total. The van der Waals surface area contributed by atoms with Gasteiger partial charge in [0.05, 0.1) is 20.3 Å². The third-order valence-corrected chi connectivity index (χ3v) is 4.20. The first-order chi connectivity index (χ1) is 13.7. The number of nitrogens with zero attached hydrogens (tertiary/aromatic N) is 2. The van der Waals surface area contributed by atoms with Gasteiger partial charge in [0.15, 0.2) is 11.9 Å². The Morgan fingerprint density at radius 2 is 1.46 bits per heavy atom. The molecule has 2 aromatic carbocycles. The molecule has 0 spiro atoms. The van der Waals surface area contributed by atoms with Crippen LogP contribution in [0.5, 0.6) is 17.8 Å². The van der Waals surface area contributed by atoms with Gasteiger partial charge in [0.2, 0.25) is 11.8 Å². The van der Waals surface area contributed by atoms with Gasteiger partial charge in [-0.25, -0.2) is 0 Å². The van der Waals surface area contributed by atoms with E-state index in [4.69, 9.17) is 14.2 Å². The van der Waals surface area contributed by atoms with E-state index in [1.807, 2.05) is 60.7 Å². The molecule has 0 saturated carbocycles. The average Bonchev–Trinajstić information content (AvgIpc) is 2.76. The maximum absolute atomic E-state index is 13.0. The highest BCUT2D eigenvalue weighted by atomic mass is 16.5. The molecule has 3 aromatic rings. The number of carbonyl (C=O) groups is 1. The molecule has 0 aliphatic rings. The lowest BCUT2D eigenvalue weighted by Gasteiger charge is -2.18. The van der Waals surface area contributed by atoms with Gasteiger partial charge < -0.3 is 14.2 Å². The fourth-order valence-electron chi connectivity index (χ4n) is 2.74. The number of hydrogen-bond donors (Lipinski definition) is 0. The van der Waals surface area contributed by atoms with E-state index in [-0.39, 0.29) is 11.8 Å². The summed E-state index contributed by atoms with van der Waals surface area (Å²) in [7, 11) is 2.98. The largest absolute Gasteiger partial charge is 0.481 e.